The van der Waals surface area contributed by atoms with Crippen LogP contribution in [-0.4, -0.2) is 6.04 Å². The summed E-state index contributed by atoms with van der Waals surface area (Å²) in [6.07, 6.45) is 1.59. The van der Waals surface area contributed by atoms with Crippen LogP contribution in [0.15, 0.2) is 39.4 Å². The second-order valence-electron chi connectivity index (χ2n) is 4.42. The predicted molar refractivity (Wildman–Crippen MR) is 73.8 cm³/mol. The SMILES string of the molecule is CC(C)NCc1occc1-c1cc(Br)ccc1F. The van der Waals surface area contributed by atoms with Crippen LogP contribution in [0.1, 0.15) is 19.6 Å². The molecule has 1 N–H and O–H groups in total. The number of furan rings is 1. The van der Waals surface area contributed by atoms with Crippen LogP contribution >= 0.6 is 15.9 Å². The van der Waals surface area contributed by atoms with Gasteiger partial charge in [-0.1, -0.05) is 29.8 Å². The number of rotatable bonds is 4. The summed E-state index contributed by atoms with van der Waals surface area (Å²) in [4.78, 5) is 0. The maximum Gasteiger partial charge on any atom is 0.131 e. The topological polar surface area (TPSA) is 25.2 Å². The van der Waals surface area contributed by atoms with Crippen LogP contribution in [0, 0.1) is 5.82 Å². The summed E-state index contributed by atoms with van der Waals surface area (Å²) in [6.45, 7) is 4.70. The van der Waals surface area contributed by atoms with E-state index in [1.807, 2.05) is 0 Å². The van der Waals surface area contributed by atoms with Crippen molar-refractivity contribution in [1.29, 1.82) is 0 Å². The number of benzene rings is 1. The van der Waals surface area contributed by atoms with Gasteiger partial charge in [0.2, 0.25) is 0 Å². The van der Waals surface area contributed by atoms with Gasteiger partial charge in [-0.2, -0.15) is 0 Å². The van der Waals surface area contributed by atoms with Gasteiger partial charge in [0.25, 0.3) is 0 Å². The maximum atomic E-state index is 13.8. The molecule has 1 aromatic carbocycles. The van der Waals surface area contributed by atoms with Crippen LogP contribution in [-0.2, 0) is 6.54 Å². The average molecular weight is 312 g/mol. The van der Waals surface area contributed by atoms with E-state index in [0.29, 0.717) is 18.2 Å². The summed E-state index contributed by atoms with van der Waals surface area (Å²) < 4.78 is 20.1. The lowest BCUT2D eigenvalue weighted by molar-refractivity contribution is 0.466. The van der Waals surface area contributed by atoms with E-state index in [2.05, 4.69) is 35.1 Å². The molecule has 18 heavy (non-hydrogen) atoms. The molecule has 96 valence electrons. The first-order chi connectivity index (χ1) is 8.58. The van der Waals surface area contributed by atoms with Gasteiger partial charge in [-0.05, 0) is 24.3 Å². The normalized spacial score (nSPS) is 11.2. The Bertz CT molecular complexity index is 536. The zero-order valence-corrected chi connectivity index (χ0v) is 11.9. The van der Waals surface area contributed by atoms with Crippen molar-refractivity contribution in [3.05, 3.63) is 46.6 Å². The molecule has 0 aliphatic rings. The summed E-state index contributed by atoms with van der Waals surface area (Å²) >= 11 is 3.36. The van der Waals surface area contributed by atoms with Gasteiger partial charge < -0.3 is 9.73 Å². The Morgan fingerprint density at radius 2 is 2.06 bits per heavy atom. The van der Waals surface area contributed by atoms with E-state index in [-0.39, 0.29) is 5.82 Å². The monoisotopic (exact) mass is 311 g/mol. The van der Waals surface area contributed by atoms with Crippen molar-refractivity contribution in [1.82, 2.24) is 5.32 Å². The van der Waals surface area contributed by atoms with E-state index in [1.165, 1.54) is 6.07 Å². The predicted octanol–water partition coefficient (Wildman–Crippen LogP) is 4.35. The fraction of sp³-hybridized carbons (Fsp3) is 0.286. The third-order valence-electron chi connectivity index (χ3n) is 2.63. The molecule has 2 rings (SSSR count). The Morgan fingerprint density at radius 1 is 1.28 bits per heavy atom. The molecule has 2 nitrogen and oxygen atoms in total. The first kappa shape index (κ1) is 13.3. The molecule has 0 aliphatic carbocycles. The Kier molecular flexibility index (Phi) is 4.19. The average Bonchev–Trinajstić information content (AvgIpc) is 2.77. The summed E-state index contributed by atoms with van der Waals surface area (Å²) in [5.41, 5.74) is 1.35. The highest BCUT2D eigenvalue weighted by Crippen LogP contribution is 2.29. The van der Waals surface area contributed by atoms with Crippen LogP contribution in [0.3, 0.4) is 0 Å². The summed E-state index contributed by atoms with van der Waals surface area (Å²) in [7, 11) is 0. The molecule has 0 fully saturated rings. The minimum absolute atomic E-state index is 0.245. The van der Waals surface area contributed by atoms with Crippen molar-refractivity contribution in [3.8, 4) is 11.1 Å². The molecule has 0 amide bonds. The molecule has 0 aliphatic heterocycles. The summed E-state index contributed by atoms with van der Waals surface area (Å²) in [5.74, 6) is 0.506. The molecule has 1 aromatic heterocycles. The van der Waals surface area contributed by atoms with Gasteiger partial charge in [-0.15, -0.1) is 0 Å². The van der Waals surface area contributed by atoms with E-state index in [0.717, 1.165) is 15.8 Å². The van der Waals surface area contributed by atoms with Crippen molar-refractivity contribution in [2.45, 2.75) is 26.4 Å². The lowest BCUT2D eigenvalue weighted by atomic mass is 10.1. The third kappa shape index (κ3) is 3.00. The first-order valence-corrected chi connectivity index (χ1v) is 6.62. The molecule has 0 spiro atoms. The molecule has 0 saturated carbocycles. The summed E-state index contributed by atoms with van der Waals surface area (Å²) in [5, 5.41) is 3.26. The van der Waals surface area contributed by atoms with Gasteiger partial charge >= 0.3 is 0 Å². The molecular weight excluding hydrogens is 297 g/mol. The molecule has 0 unspecified atom stereocenters. The highest BCUT2D eigenvalue weighted by atomic mass is 79.9. The Hall–Kier alpha value is -1.13. The number of hydrogen-bond donors (Lipinski definition) is 1. The summed E-state index contributed by atoms with van der Waals surface area (Å²) in [6, 6.07) is 7.05. The standard InChI is InChI=1S/C14H15BrFNO/c1-9(2)17-8-14-11(5-6-18-14)12-7-10(15)3-4-13(12)16/h3-7,9,17H,8H2,1-2H3. The minimum atomic E-state index is -0.245. The quantitative estimate of drug-likeness (QED) is 0.908. The highest BCUT2D eigenvalue weighted by molar-refractivity contribution is 9.10. The van der Waals surface area contributed by atoms with Gasteiger partial charge in [0.05, 0.1) is 12.8 Å². The van der Waals surface area contributed by atoms with Crippen molar-refractivity contribution >= 4 is 15.9 Å². The van der Waals surface area contributed by atoms with Crippen molar-refractivity contribution in [3.63, 3.8) is 0 Å². The minimum Gasteiger partial charge on any atom is -0.467 e. The van der Waals surface area contributed by atoms with Gasteiger partial charge in [0, 0.05) is 21.6 Å². The number of hydrogen-bond acceptors (Lipinski definition) is 2. The number of nitrogens with one attached hydrogen (secondary N) is 1. The van der Waals surface area contributed by atoms with E-state index in [1.54, 1.807) is 24.5 Å². The zero-order valence-electron chi connectivity index (χ0n) is 10.3. The lowest BCUT2D eigenvalue weighted by Gasteiger charge is -2.08. The van der Waals surface area contributed by atoms with Crippen LogP contribution < -0.4 is 5.32 Å². The molecule has 0 saturated heterocycles. The first-order valence-electron chi connectivity index (χ1n) is 5.83. The molecule has 0 atom stereocenters. The van der Waals surface area contributed by atoms with E-state index < -0.39 is 0 Å². The van der Waals surface area contributed by atoms with Gasteiger partial charge in [0.1, 0.15) is 11.6 Å². The van der Waals surface area contributed by atoms with Crippen molar-refractivity contribution < 1.29 is 8.81 Å². The fourth-order valence-corrected chi connectivity index (χ4v) is 2.08. The van der Waals surface area contributed by atoms with Crippen LogP contribution in [0.25, 0.3) is 11.1 Å². The smallest absolute Gasteiger partial charge is 0.131 e. The van der Waals surface area contributed by atoms with E-state index in [4.69, 9.17) is 4.42 Å². The van der Waals surface area contributed by atoms with Crippen molar-refractivity contribution in [2.24, 2.45) is 0 Å². The zero-order chi connectivity index (χ0) is 13.1. The molecule has 2 aromatic rings. The Balaban J connectivity index is 2.33. The molecule has 1 heterocycles. The molecule has 0 bridgehead atoms. The Labute approximate surface area is 114 Å². The maximum absolute atomic E-state index is 13.8. The van der Waals surface area contributed by atoms with Crippen LogP contribution in [0.4, 0.5) is 4.39 Å². The highest BCUT2D eigenvalue weighted by Gasteiger charge is 2.13. The van der Waals surface area contributed by atoms with Crippen molar-refractivity contribution in [2.75, 3.05) is 0 Å². The van der Waals surface area contributed by atoms with Gasteiger partial charge in [-0.25, -0.2) is 4.39 Å². The van der Waals surface area contributed by atoms with Crippen LogP contribution in [0.5, 0.6) is 0 Å². The third-order valence-corrected chi connectivity index (χ3v) is 3.13. The lowest BCUT2D eigenvalue weighted by Crippen LogP contribution is -2.21. The number of halogens is 2. The van der Waals surface area contributed by atoms with Crippen LogP contribution in [0.2, 0.25) is 0 Å². The molecular formula is C14H15BrFNO. The molecule has 0 radical (unpaired) electrons. The fourth-order valence-electron chi connectivity index (χ4n) is 1.72. The van der Waals surface area contributed by atoms with E-state index in [9.17, 15) is 4.39 Å². The van der Waals surface area contributed by atoms with E-state index >= 15 is 0 Å². The van der Waals surface area contributed by atoms with Gasteiger partial charge in [0.15, 0.2) is 0 Å². The largest absolute Gasteiger partial charge is 0.467 e. The second kappa shape index (κ2) is 5.67. The van der Waals surface area contributed by atoms with Gasteiger partial charge in [-0.3, -0.25) is 0 Å². The second-order valence-corrected chi connectivity index (χ2v) is 5.33. The molecule has 4 heteroatoms. The Morgan fingerprint density at radius 3 is 2.78 bits per heavy atom.